The van der Waals surface area contributed by atoms with Gasteiger partial charge in [-0.1, -0.05) is 19.1 Å². The summed E-state index contributed by atoms with van der Waals surface area (Å²) in [5.41, 5.74) is 3.69. The molecule has 3 rings (SSSR count). The molecule has 1 N–H and O–H groups in total. The Kier molecular flexibility index (Phi) is 4.83. The molecule has 4 nitrogen and oxygen atoms in total. The average Bonchev–Trinajstić information content (AvgIpc) is 3.15. The number of nitrogens with one attached hydrogen (secondary N) is 1. The van der Waals surface area contributed by atoms with Gasteiger partial charge in [-0.2, -0.15) is 0 Å². The van der Waals surface area contributed by atoms with Crippen LogP contribution in [-0.4, -0.2) is 14.5 Å². The molecule has 0 bridgehead atoms. The Hall–Kier alpha value is -2.46. The molecule has 0 radical (unpaired) electrons. The molecular formula is C19H22N4. The summed E-state index contributed by atoms with van der Waals surface area (Å²) in [6.45, 7) is 4.41. The molecule has 1 aromatic carbocycles. The van der Waals surface area contributed by atoms with E-state index in [9.17, 15) is 0 Å². The van der Waals surface area contributed by atoms with Gasteiger partial charge in [0.15, 0.2) is 0 Å². The maximum absolute atomic E-state index is 4.10. The van der Waals surface area contributed by atoms with Gasteiger partial charge in [0, 0.05) is 42.6 Å². The first-order valence-electron chi connectivity index (χ1n) is 8.02. The van der Waals surface area contributed by atoms with Crippen molar-refractivity contribution in [3.63, 3.8) is 0 Å². The van der Waals surface area contributed by atoms with Crippen molar-refractivity contribution in [3.05, 3.63) is 78.6 Å². The van der Waals surface area contributed by atoms with Crippen LogP contribution in [0, 0.1) is 0 Å². The highest BCUT2D eigenvalue weighted by Crippen LogP contribution is 2.22. The monoisotopic (exact) mass is 306 g/mol. The molecule has 0 saturated heterocycles. The number of benzene rings is 1. The molecule has 0 aliphatic rings. The number of pyridine rings is 1. The summed E-state index contributed by atoms with van der Waals surface area (Å²) in [4.78, 5) is 8.18. The van der Waals surface area contributed by atoms with Crippen molar-refractivity contribution in [3.8, 4) is 5.69 Å². The number of imidazole rings is 1. The maximum atomic E-state index is 4.10. The third-order valence-electron chi connectivity index (χ3n) is 4.16. The number of hydrogen-bond acceptors (Lipinski definition) is 3. The van der Waals surface area contributed by atoms with Crippen molar-refractivity contribution in [1.29, 1.82) is 0 Å². The quantitative estimate of drug-likeness (QED) is 0.746. The van der Waals surface area contributed by atoms with Crippen LogP contribution in [0.3, 0.4) is 0 Å². The standard InChI is InChI=1S/C19H22N4/c1-3-19(17-8-10-20-11-9-17)22-15(2)16-4-6-18(7-5-16)23-13-12-21-14-23/h4-15,19,22H,3H2,1-2H3/t15-,19+/m1/s1. The lowest BCUT2D eigenvalue weighted by Gasteiger charge is -2.23. The number of aromatic nitrogens is 3. The summed E-state index contributed by atoms with van der Waals surface area (Å²) in [6, 6.07) is 13.4. The average molecular weight is 306 g/mol. The second kappa shape index (κ2) is 7.20. The molecule has 0 fully saturated rings. The first-order chi connectivity index (χ1) is 11.3. The molecule has 0 unspecified atom stereocenters. The van der Waals surface area contributed by atoms with E-state index in [1.165, 1.54) is 11.1 Å². The van der Waals surface area contributed by atoms with Gasteiger partial charge in [0.25, 0.3) is 0 Å². The highest BCUT2D eigenvalue weighted by atomic mass is 15.0. The molecular weight excluding hydrogens is 284 g/mol. The van der Waals surface area contributed by atoms with Crippen LogP contribution in [0.4, 0.5) is 0 Å². The smallest absolute Gasteiger partial charge is 0.0991 e. The van der Waals surface area contributed by atoms with Crippen LogP contribution in [0.5, 0.6) is 0 Å². The Morgan fingerprint density at radius 1 is 0.957 bits per heavy atom. The van der Waals surface area contributed by atoms with Gasteiger partial charge in [0.05, 0.1) is 6.33 Å². The van der Waals surface area contributed by atoms with E-state index in [0.717, 1.165) is 12.1 Å². The molecule has 2 heterocycles. The van der Waals surface area contributed by atoms with Crippen LogP contribution < -0.4 is 5.32 Å². The lowest BCUT2D eigenvalue weighted by Crippen LogP contribution is -2.24. The highest BCUT2D eigenvalue weighted by molar-refractivity contribution is 5.35. The zero-order chi connectivity index (χ0) is 16.1. The fraction of sp³-hybridized carbons (Fsp3) is 0.263. The Morgan fingerprint density at radius 2 is 1.70 bits per heavy atom. The van der Waals surface area contributed by atoms with E-state index in [-0.39, 0.29) is 6.04 Å². The molecule has 0 spiro atoms. The summed E-state index contributed by atoms with van der Waals surface area (Å²) in [6.07, 6.45) is 10.3. The van der Waals surface area contributed by atoms with Crippen molar-refractivity contribution in [2.45, 2.75) is 32.4 Å². The van der Waals surface area contributed by atoms with E-state index >= 15 is 0 Å². The Balaban J connectivity index is 1.71. The number of hydrogen-bond donors (Lipinski definition) is 1. The fourth-order valence-electron chi connectivity index (χ4n) is 2.79. The highest BCUT2D eigenvalue weighted by Gasteiger charge is 2.13. The Bertz CT molecular complexity index is 705. The van der Waals surface area contributed by atoms with Crippen LogP contribution in [0.1, 0.15) is 43.5 Å². The molecule has 118 valence electrons. The molecule has 2 aromatic heterocycles. The number of rotatable bonds is 6. The topological polar surface area (TPSA) is 42.7 Å². The first-order valence-corrected chi connectivity index (χ1v) is 8.02. The molecule has 0 aliphatic carbocycles. The van der Waals surface area contributed by atoms with E-state index in [1.807, 2.05) is 29.5 Å². The largest absolute Gasteiger partial charge is 0.306 e. The van der Waals surface area contributed by atoms with Crippen molar-refractivity contribution >= 4 is 0 Å². The Labute approximate surface area is 137 Å². The lowest BCUT2D eigenvalue weighted by atomic mass is 10.0. The van der Waals surface area contributed by atoms with E-state index in [2.05, 4.69) is 65.5 Å². The van der Waals surface area contributed by atoms with E-state index in [0.29, 0.717) is 6.04 Å². The van der Waals surface area contributed by atoms with Gasteiger partial charge in [0.1, 0.15) is 0 Å². The third-order valence-corrected chi connectivity index (χ3v) is 4.16. The van der Waals surface area contributed by atoms with E-state index in [4.69, 9.17) is 0 Å². The molecule has 2 atom stereocenters. The second-order valence-corrected chi connectivity index (χ2v) is 5.69. The molecule has 0 aliphatic heterocycles. The molecule has 23 heavy (non-hydrogen) atoms. The van der Waals surface area contributed by atoms with Crippen LogP contribution in [-0.2, 0) is 0 Å². The van der Waals surface area contributed by atoms with Crippen molar-refractivity contribution in [1.82, 2.24) is 19.9 Å². The van der Waals surface area contributed by atoms with Gasteiger partial charge in [-0.05, 0) is 48.7 Å². The van der Waals surface area contributed by atoms with Crippen molar-refractivity contribution in [2.24, 2.45) is 0 Å². The minimum atomic E-state index is 0.282. The zero-order valence-corrected chi connectivity index (χ0v) is 13.6. The van der Waals surface area contributed by atoms with Gasteiger partial charge in [-0.3, -0.25) is 4.98 Å². The predicted molar refractivity (Wildman–Crippen MR) is 92.4 cm³/mol. The summed E-state index contributed by atoms with van der Waals surface area (Å²) < 4.78 is 2.01. The van der Waals surface area contributed by atoms with Gasteiger partial charge in [0.2, 0.25) is 0 Å². The second-order valence-electron chi connectivity index (χ2n) is 5.69. The van der Waals surface area contributed by atoms with Crippen LogP contribution >= 0.6 is 0 Å². The van der Waals surface area contributed by atoms with Crippen LogP contribution in [0.25, 0.3) is 5.69 Å². The van der Waals surface area contributed by atoms with Crippen molar-refractivity contribution in [2.75, 3.05) is 0 Å². The molecule has 0 amide bonds. The molecule has 0 saturated carbocycles. The normalized spacial score (nSPS) is 13.7. The minimum Gasteiger partial charge on any atom is -0.306 e. The summed E-state index contributed by atoms with van der Waals surface area (Å²) in [7, 11) is 0. The summed E-state index contributed by atoms with van der Waals surface area (Å²) in [5.74, 6) is 0. The summed E-state index contributed by atoms with van der Waals surface area (Å²) in [5, 5.41) is 3.71. The molecule has 3 aromatic rings. The van der Waals surface area contributed by atoms with E-state index in [1.54, 1.807) is 6.20 Å². The number of nitrogens with zero attached hydrogens (tertiary/aromatic N) is 3. The maximum Gasteiger partial charge on any atom is 0.0991 e. The predicted octanol–water partition coefficient (Wildman–Crippen LogP) is 4.07. The molecule has 4 heteroatoms. The van der Waals surface area contributed by atoms with Gasteiger partial charge < -0.3 is 9.88 Å². The third kappa shape index (κ3) is 3.66. The Morgan fingerprint density at radius 3 is 2.30 bits per heavy atom. The van der Waals surface area contributed by atoms with E-state index < -0.39 is 0 Å². The van der Waals surface area contributed by atoms with Crippen LogP contribution in [0.2, 0.25) is 0 Å². The fourth-order valence-corrected chi connectivity index (χ4v) is 2.79. The van der Waals surface area contributed by atoms with Crippen LogP contribution in [0.15, 0.2) is 67.5 Å². The summed E-state index contributed by atoms with van der Waals surface area (Å²) >= 11 is 0. The lowest BCUT2D eigenvalue weighted by molar-refractivity contribution is 0.456. The van der Waals surface area contributed by atoms with Gasteiger partial charge in [-0.25, -0.2) is 4.98 Å². The minimum absolute atomic E-state index is 0.282. The van der Waals surface area contributed by atoms with Gasteiger partial charge in [-0.15, -0.1) is 0 Å². The zero-order valence-electron chi connectivity index (χ0n) is 13.6. The van der Waals surface area contributed by atoms with Crippen molar-refractivity contribution < 1.29 is 0 Å². The first kappa shape index (κ1) is 15.4. The SMILES string of the molecule is CC[C@H](N[C@H](C)c1ccc(-n2ccnc2)cc1)c1ccncc1. The van der Waals surface area contributed by atoms with Gasteiger partial charge >= 0.3 is 0 Å².